The van der Waals surface area contributed by atoms with Gasteiger partial charge in [-0.2, -0.15) is 12.6 Å². The number of anilines is 1. The quantitative estimate of drug-likeness (QED) is 0.617. The number of fused-ring (bicyclic) bond motifs is 1. The summed E-state index contributed by atoms with van der Waals surface area (Å²) in [6.45, 7) is 0. The van der Waals surface area contributed by atoms with Gasteiger partial charge >= 0.3 is 0 Å². The number of nitrogens with two attached hydrogens (primary N) is 1. The number of hydrogen-bond acceptors (Lipinski definition) is 6. The van der Waals surface area contributed by atoms with E-state index in [2.05, 4.69) is 22.6 Å². The number of aliphatic hydroxyl groups excluding tert-OH is 2. The van der Waals surface area contributed by atoms with Crippen molar-refractivity contribution in [2.45, 2.75) is 18.6 Å². The molecular formula is C12H15N3O2S. The first-order valence-electron chi connectivity index (χ1n) is 5.60. The van der Waals surface area contributed by atoms with Crippen LogP contribution >= 0.6 is 12.6 Å². The number of aliphatic hydroxyl groups is 2. The molecule has 1 aromatic carbocycles. The number of thiol groups is 1. The number of rotatable bonds is 4. The van der Waals surface area contributed by atoms with E-state index in [1.165, 1.54) is 6.33 Å². The van der Waals surface area contributed by atoms with Crippen molar-refractivity contribution in [1.29, 1.82) is 0 Å². The van der Waals surface area contributed by atoms with Gasteiger partial charge in [0.05, 0.1) is 11.6 Å². The van der Waals surface area contributed by atoms with Crippen molar-refractivity contribution < 1.29 is 10.2 Å². The average Bonchev–Trinajstić information content (AvgIpc) is 2.38. The van der Waals surface area contributed by atoms with Crippen molar-refractivity contribution in [3.05, 3.63) is 30.1 Å². The van der Waals surface area contributed by atoms with E-state index >= 15 is 0 Å². The Hall–Kier alpha value is -1.37. The van der Waals surface area contributed by atoms with Gasteiger partial charge in [-0.15, -0.1) is 0 Å². The Morgan fingerprint density at radius 1 is 1.28 bits per heavy atom. The predicted molar refractivity (Wildman–Crippen MR) is 73.4 cm³/mol. The maximum Gasteiger partial charge on any atom is 0.134 e. The lowest BCUT2D eigenvalue weighted by molar-refractivity contribution is 0.0173. The van der Waals surface area contributed by atoms with Crippen LogP contribution in [0.4, 0.5) is 5.82 Å². The van der Waals surface area contributed by atoms with E-state index in [0.717, 1.165) is 0 Å². The van der Waals surface area contributed by atoms with Gasteiger partial charge in [-0.1, -0.05) is 6.07 Å². The summed E-state index contributed by atoms with van der Waals surface area (Å²) in [5.74, 6) is 0.870. The van der Waals surface area contributed by atoms with Gasteiger partial charge in [0.1, 0.15) is 18.2 Å². The van der Waals surface area contributed by atoms with E-state index in [1.54, 1.807) is 18.2 Å². The zero-order valence-corrected chi connectivity index (χ0v) is 10.6. The van der Waals surface area contributed by atoms with E-state index in [9.17, 15) is 10.2 Å². The monoisotopic (exact) mass is 265 g/mol. The maximum atomic E-state index is 10.0. The SMILES string of the molecule is Nc1ncnc2ccc(C(O)C(O)CCS)cc12. The highest BCUT2D eigenvalue weighted by atomic mass is 32.1. The maximum absolute atomic E-state index is 10.0. The number of benzene rings is 1. The molecule has 4 N–H and O–H groups in total. The average molecular weight is 265 g/mol. The minimum Gasteiger partial charge on any atom is -0.390 e. The molecule has 0 radical (unpaired) electrons. The Bertz CT molecular complexity index is 550. The van der Waals surface area contributed by atoms with Crippen LogP contribution < -0.4 is 5.73 Å². The Kier molecular flexibility index (Phi) is 4.00. The first kappa shape index (κ1) is 13.1. The fourth-order valence-electron chi connectivity index (χ4n) is 1.79. The van der Waals surface area contributed by atoms with Crippen LogP contribution in [0.1, 0.15) is 18.1 Å². The Morgan fingerprint density at radius 3 is 2.78 bits per heavy atom. The fraction of sp³-hybridized carbons (Fsp3) is 0.333. The number of aromatic nitrogens is 2. The summed E-state index contributed by atoms with van der Waals surface area (Å²) >= 11 is 4.03. The van der Waals surface area contributed by atoms with Crippen LogP contribution in [-0.4, -0.2) is 32.0 Å². The molecule has 0 aliphatic carbocycles. The predicted octanol–water partition coefficient (Wildman–Crippen LogP) is 0.926. The van der Waals surface area contributed by atoms with Gasteiger partial charge in [-0.3, -0.25) is 0 Å². The second-order valence-electron chi connectivity index (χ2n) is 4.06. The molecule has 96 valence electrons. The van der Waals surface area contributed by atoms with Gasteiger partial charge in [-0.25, -0.2) is 9.97 Å². The van der Waals surface area contributed by atoms with E-state index in [1.807, 2.05) is 0 Å². The lowest BCUT2D eigenvalue weighted by Gasteiger charge is -2.17. The molecule has 1 aromatic heterocycles. The molecule has 2 atom stereocenters. The summed E-state index contributed by atoms with van der Waals surface area (Å²) < 4.78 is 0. The van der Waals surface area contributed by atoms with Crippen molar-refractivity contribution in [2.75, 3.05) is 11.5 Å². The highest BCUT2D eigenvalue weighted by Crippen LogP contribution is 2.24. The van der Waals surface area contributed by atoms with E-state index in [0.29, 0.717) is 34.5 Å². The molecule has 0 saturated heterocycles. The standard InChI is InChI=1S/C12H15N3O2S/c13-12-8-5-7(11(17)10(16)3-4-18)1-2-9(8)14-6-15-12/h1-2,5-6,10-11,16-18H,3-4H2,(H2,13,14,15). The number of nitrogens with zero attached hydrogens (tertiary/aromatic N) is 2. The van der Waals surface area contributed by atoms with Gasteiger partial charge in [0, 0.05) is 5.39 Å². The molecule has 0 spiro atoms. The van der Waals surface area contributed by atoms with Gasteiger partial charge in [0.15, 0.2) is 0 Å². The third-order valence-corrected chi connectivity index (χ3v) is 3.08. The molecule has 0 bridgehead atoms. The van der Waals surface area contributed by atoms with Crippen molar-refractivity contribution >= 4 is 29.3 Å². The number of nitrogen functional groups attached to an aromatic ring is 1. The molecule has 6 heteroatoms. The van der Waals surface area contributed by atoms with Crippen LogP contribution in [0, 0.1) is 0 Å². The molecule has 2 unspecified atom stereocenters. The molecule has 0 amide bonds. The molecule has 0 aliphatic rings. The molecule has 1 heterocycles. The van der Waals surface area contributed by atoms with Crippen molar-refractivity contribution in [3.8, 4) is 0 Å². The molecule has 5 nitrogen and oxygen atoms in total. The third kappa shape index (κ3) is 2.55. The topological polar surface area (TPSA) is 92.3 Å². The zero-order valence-electron chi connectivity index (χ0n) is 9.69. The first-order chi connectivity index (χ1) is 8.63. The molecule has 0 saturated carbocycles. The molecule has 2 rings (SSSR count). The molecule has 18 heavy (non-hydrogen) atoms. The minimum absolute atomic E-state index is 0.359. The summed E-state index contributed by atoms with van der Waals surface area (Å²) in [5.41, 5.74) is 7.06. The van der Waals surface area contributed by atoms with Gasteiger partial charge < -0.3 is 15.9 Å². The number of hydrogen-bond donors (Lipinski definition) is 4. The Morgan fingerprint density at radius 2 is 2.06 bits per heavy atom. The summed E-state index contributed by atoms with van der Waals surface area (Å²) in [7, 11) is 0. The van der Waals surface area contributed by atoms with Crippen LogP contribution in [0.2, 0.25) is 0 Å². The zero-order chi connectivity index (χ0) is 13.1. The van der Waals surface area contributed by atoms with Gasteiger partial charge in [0.25, 0.3) is 0 Å². The lowest BCUT2D eigenvalue weighted by atomic mass is 10.0. The van der Waals surface area contributed by atoms with Crippen molar-refractivity contribution in [3.63, 3.8) is 0 Å². The summed E-state index contributed by atoms with van der Waals surface area (Å²) in [5, 5.41) is 20.4. The van der Waals surface area contributed by atoms with E-state index in [4.69, 9.17) is 5.73 Å². The summed E-state index contributed by atoms with van der Waals surface area (Å²) in [6, 6.07) is 5.18. The van der Waals surface area contributed by atoms with Crippen LogP contribution in [-0.2, 0) is 0 Å². The summed E-state index contributed by atoms with van der Waals surface area (Å²) in [4.78, 5) is 7.98. The van der Waals surface area contributed by atoms with Gasteiger partial charge in [-0.05, 0) is 29.9 Å². The second kappa shape index (κ2) is 5.51. The molecule has 0 fully saturated rings. The smallest absolute Gasteiger partial charge is 0.134 e. The van der Waals surface area contributed by atoms with Crippen molar-refractivity contribution in [1.82, 2.24) is 9.97 Å². The van der Waals surface area contributed by atoms with E-state index in [-0.39, 0.29) is 0 Å². The highest BCUT2D eigenvalue weighted by molar-refractivity contribution is 7.80. The summed E-state index contributed by atoms with van der Waals surface area (Å²) in [6.07, 6.45) is 0.0130. The lowest BCUT2D eigenvalue weighted by Crippen LogP contribution is -2.18. The molecule has 2 aromatic rings. The first-order valence-corrected chi connectivity index (χ1v) is 6.24. The van der Waals surface area contributed by atoms with E-state index < -0.39 is 12.2 Å². The van der Waals surface area contributed by atoms with Crippen LogP contribution in [0.3, 0.4) is 0 Å². The van der Waals surface area contributed by atoms with Gasteiger partial charge in [0.2, 0.25) is 0 Å². The molecular weight excluding hydrogens is 250 g/mol. The third-order valence-electron chi connectivity index (χ3n) is 2.82. The second-order valence-corrected chi connectivity index (χ2v) is 4.51. The van der Waals surface area contributed by atoms with Crippen LogP contribution in [0.5, 0.6) is 0 Å². The Labute approximate surface area is 110 Å². The highest BCUT2D eigenvalue weighted by Gasteiger charge is 2.18. The van der Waals surface area contributed by atoms with Crippen LogP contribution in [0.25, 0.3) is 10.9 Å². The Balaban J connectivity index is 2.37. The van der Waals surface area contributed by atoms with Crippen LogP contribution in [0.15, 0.2) is 24.5 Å². The largest absolute Gasteiger partial charge is 0.390 e. The normalized spacial score (nSPS) is 14.6. The van der Waals surface area contributed by atoms with Crippen molar-refractivity contribution in [2.24, 2.45) is 0 Å². The molecule has 0 aliphatic heterocycles. The fourth-order valence-corrected chi connectivity index (χ4v) is 2.06. The minimum atomic E-state index is -0.957.